The largest absolute Gasteiger partial charge is 0.664 e. The Hall–Kier alpha value is -1.13. The molecule has 0 radical (unpaired) electrons. The molecule has 0 bridgehead atoms. The average Bonchev–Trinajstić information content (AvgIpc) is 2.21. The minimum Gasteiger partial charge on any atom is -0.664 e. The van der Waals surface area contributed by atoms with E-state index >= 15 is 0 Å². The van der Waals surface area contributed by atoms with Gasteiger partial charge in [-0.05, 0) is 25.2 Å². The molecule has 0 aliphatic carbocycles. The lowest BCUT2D eigenvalue weighted by atomic mass is 10.5. The number of carboxylic acid groups (broad SMARTS) is 2. The van der Waals surface area contributed by atoms with Gasteiger partial charge in [0.25, 0.3) is 0 Å². The van der Waals surface area contributed by atoms with Crippen LogP contribution in [-0.4, -0.2) is 30.4 Å². The number of hydrogen-bond acceptors (Lipinski definition) is 6. The van der Waals surface area contributed by atoms with Gasteiger partial charge in [0.1, 0.15) is 0 Å². The van der Waals surface area contributed by atoms with Gasteiger partial charge in [0, 0.05) is 18.1 Å². The molecule has 0 heterocycles. The van der Waals surface area contributed by atoms with Crippen molar-refractivity contribution in [3.05, 3.63) is 12.3 Å². The summed E-state index contributed by atoms with van der Waals surface area (Å²) in [4.78, 5) is 24.1. The van der Waals surface area contributed by atoms with Crippen LogP contribution in [0.3, 0.4) is 0 Å². The first-order valence-electron chi connectivity index (χ1n) is 4.55. The minimum atomic E-state index is -1.20. The van der Waals surface area contributed by atoms with Crippen molar-refractivity contribution in [1.29, 1.82) is 0 Å². The van der Waals surface area contributed by atoms with E-state index in [0.717, 1.165) is 0 Å². The molecule has 0 atom stereocenters. The van der Waals surface area contributed by atoms with E-state index in [0.29, 0.717) is 0 Å². The predicted octanol–water partition coefficient (Wildman–Crippen LogP) is -2.45. The third-order valence-corrected chi connectivity index (χ3v) is 4.29. The molecule has 0 unspecified atom stereocenters. The smallest absolute Gasteiger partial charge is 0.0841 e. The first-order chi connectivity index (χ1) is 7.45. The molecule has 0 amide bonds. The monoisotopic (exact) mass is 247 g/mol. The zero-order valence-corrected chi connectivity index (χ0v) is 9.53. The third-order valence-electron chi connectivity index (χ3n) is 1.78. The fourth-order valence-electron chi connectivity index (χ4n) is 1.04. The number of carbonyl (C=O) groups is 2. The summed E-state index contributed by atoms with van der Waals surface area (Å²) in [5, 5.41) is 30.5. The lowest BCUT2D eigenvalue weighted by molar-refractivity contribution is -0.671. The fourth-order valence-corrected chi connectivity index (χ4v) is 3.13. The molecular formula is C9H12O6P-3. The predicted molar refractivity (Wildman–Crippen MR) is 51.0 cm³/mol. The molecule has 0 saturated carbocycles. The lowest BCUT2D eigenvalue weighted by Gasteiger charge is -2.21. The summed E-state index contributed by atoms with van der Waals surface area (Å²) in [5.41, 5.74) is 0. The van der Waals surface area contributed by atoms with Gasteiger partial charge in [0.05, 0.1) is 5.76 Å². The van der Waals surface area contributed by atoms with Gasteiger partial charge in [-0.2, -0.15) is 0 Å². The van der Waals surface area contributed by atoms with Crippen LogP contribution in [0.5, 0.6) is 0 Å². The molecule has 6 nitrogen and oxygen atoms in total. The SMILES string of the molecule is C=C(CP(CCC(=O)[O-])CCC(=O)[O-])O[O-]. The zero-order valence-electron chi connectivity index (χ0n) is 8.64. The number of carboxylic acids is 2. The molecule has 0 rings (SSSR count). The van der Waals surface area contributed by atoms with Gasteiger partial charge in [-0.1, -0.05) is 14.5 Å². The van der Waals surface area contributed by atoms with E-state index in [1.165, 1.54) is 0 Å². The summed E-state index contributed by atoms with van der Waals surface area (Å²) in [6.07, 6.45) is 0.454. The second-order valence-corrected chi connectivity index (χ2v) is 5.69. The van der Waals surface area contributed by atoms with E-state index in [1.807, 2.05) is 0 Å². The summed E-state index contributed by atoms with van der Waals surface area (Å²) >= 11 is 0. The second-order valence-electron chi connectivity index (χ2n) is 3.14. The highest BCUT2D eigenvalue weighted by Gasteiger charge is 2.09. The van der Waals surface area contributed by atoms with E-state index in [4.69, 9.17) is 0 Å². The van der Waals surface area contributed by atoms with Gasteiger partial charge in [0.15, 0.2) is 0 Å². The van der Waals surface area contributed by atoms with E-state index in [2.05, 4.69) is 11.5 Å². The van der Waals surface area contributed by atoms with Gasteiger partial charge >= 0.3 is 0 Å². The Morgan fingerprint density at radius 1 is 1.12 bits per heavy atom. The van der Waals surface area contributed by atoms with Gasteiger partial charge in [-0.15, -0.1) is 0 Å². The van der Waals surface area contributed by atoms with E-state index in [9.17, 15) is 25.1 Å². The van der Waals surface area contributed by atoms with Gasteiger partial charge in [0.2, 0.25) is 0 Å². The van der Waals surface area contributed by atoms with Crippen molar-refractivity contribution in [2.45, 2.75) is 12.8 Å². The highest BCUT2D eigenvalue weighted by Crippen LogP contribution is 2.38. The van der Waals surface area contributed by atoms with Crippen LogP contribution in [0.25, 0.3) is 0 Å². The summed E-state index contributed by atoms with van der Waals surface area (Å²) in [6, 6.07) is 0. The topological polar surface area (TPSA) is 113 Å². The summed E-state index contributed by atoms with van der Waals surface area (Å²) in [7, 11) is -0.937. The standard InChI is InChI=1S/C9H15O6P/c1-7(15-14)6-16(4-2-8(10)11)5-3-9(12)13/h14H,1-6H2,(H,10,11)(H,12,13)/p-3. The first-order valence-corrected chi connectivity index (χ1v) is 6.45. The van der Waals surface area contributed by atoms with Crippen LogP contribution < -0.4 is 15.5 Å². The van der Waals surface area contributed by atoms with E-state index < -0.39 is 19.9 Å². The number of aliphatic carboxylic acids is 2. The number of rotatable bonds is 9. The molecule has 0 saturated heterocycles. The van der Waals surface area contributed by atoms with E-state index in [1.54, 1.807) is 0 Å². The third kappa shape index (κ3) is 8.20. The summed E-state index contributed by atoms with van der Waals surface area (Å²) < 4.78 is 0. The highest BCUT2D eigenvalue weighted by molar-refractivity contribution is 7.57. The molecule has 0 aromatic carbocycles. The maximum atomic E-state index is 10.3. The van der Waals surface area contributed by atoms with Crippen LogP contribution in [0.15, 0.2) is 12.3 Å². The molecule has 0 N–H and O–H groups in total. The average molecular weight is 247 g/mol. The molecule has 92 valence electrons. The van der Waals surface area contributed by atoms with Crippen LogP contribution in [0.1, 0.15) is 12.8 Å². The van der Waals surface area contributed by atoms with Crippen molar-refractivity contribution in [2.75, 3.05) is 18.5 Å². The molecule has 0 aliphatic heterocycles. The fraction of sp³-hybridized carbons (Fsp3) is 0.556. The second kappa shape index (κ2) is 8.07. The Labute approximate surface area is 94.2 Å². The molecule has 7 heteroatoms. The number of allylic oxidation sites excluding steroid dienone is 1. The van der Waals surface area contributed by atoms with Gasteiger partial charge in [-0.25, -0.2) is 0 Å². The van der Waals surface area contributed by atoms with Crippen LogP contribution in [0.2, 0.25) is 0 Å². The van der Waals surface area contributed by atoms with Crippen molar-refractivity contribution >= 4 is 19.9 Å². The molecule has 16 heavy (non-hydrogen) atoms. The Balaban J connectivity index is 4.09. The van der Waals surface area contributed by atoms with Gasteiger partial charge < -0.3 is 29.9 Å². The molecular weight excluding hydrogens is 235 g/mol. The Morgan fingerprint density at radius 2 is 1.56 bits per heavy atom. The van der Waals surface area contributed by atoms with Crippen molar-refractivity contribution in [3.63, 3.8) is 0 Å². The molecule has 0 fully saturated rings. The molecule has 0 aliphatic rings. The van der Waals surface area contributed by atoms with Crippen molar-refractivity contribution in [1.82, 2.24) is 0 Å². The highest BCUT2D eigenvalue weighted by atomic mass is 31.1. The van der Waals surface area contributed by atoms with Crippen LogP contribution >= 0.6 is 7.92 Å². The van der Waals surface area contributed by atoms with Crippen molar-refractivity contribution in [2.24, 2.45) is 0 Å². The normalized spacial score (nSPS) is 10.1. The van der Waals surface area contributed by atoms with Crippen LogP contribution in [-0.2, 0) is 14.5 Å². The molecule has 0 aromatic rings. The van der Waals surface area contributed by atoms with Crippen molar-refractivity contribution < 1.29 is 29.9 Å². The lowest BCUT2D eigenvalue weighted by Crippen LogP contribution is -2.25. The maximum absolute atomic E-state index is 10.3. The van der Waals surface area contributed by atoms with E-state index in [-0.39, 0.29) is 37.1 Å². The number of carbonyl (C=O) groups excluding carboxylic acids is 2. The summed E-state index contributed by atoms with van der Waals surface area (Å²) in [6.45, 7) is 3.32. The van der Waals surface area contributed by atoms with Crippen molar-refractivity contribution in [3.8, 4) is 0 Å². The summed E-state index contributed by atoms with van der Waals surface area (Å²) in [5.74, 6) is -2.41. The Bertz CT molecular complexity index is 247. The molecule has 0 aromatic heterocycles. The Kier molecular flexibility index (Phi) is 7.50. The Morgan fingerprint density at radius 3 is 1.88 bits per heavy atom. The van der Waals surface area contributed by atoms with Crippen LogP contribution in [0, 0.1) is 0 Å². The zero-order chi connectivity index (χ0) is 12.6. The van der Waals surface area contributed by atoms with Gasteiger partial charge in [-0.3, -0.25) is 0 Å². The van der Waals surface area contributed by atoms with Crippen LogP contribution in [0.4, 0.5) is 0 Å². The first kappa shape index (κ1) is 14.9. The number of hydrogen-bond donors (Lipinski definition) is 0. The maximum Gasteiger partial charge on any atom is 0.0841 e. The quantitative estimate of drug-likeness (QED) is 0.193. The molecule has 0 spiro atoms. The minimum absolute atomic E-state index is 0.0113.